The van der Waals surface area contributed by atoms with Crippen LogP contribution in [-0.4, -0.2) is 26.4 Å². The van der Waals surface area contributed by atoms with Crippen LogP contribution >= 0.6 is 11.8 Å². The van der Waals surface area contributed by atoms with Gasteiger partial charge in [0.15, 0.2) is 5.16 Å². The van der Waals surface area contributed by atoms with Gasteiger partial charge in [0.2, 0.25) is 5.91 Å². The van der Waals surface area contributed by atoms with Crippen LogP contribution in [0.25, 0.3) is 0 Å². The molecule has 0 radical (unpaired) electrons. The molecule has 1 aromatic heterocycles. The molecule has 0 aliphatic heterocycles. The number of nitrogens with zero attached hydrogens (tertiary/aromatic N) is 3. The van der Waals surface area contributed by atoms with E-state index in [1.165, 1.54) is 30.2 Å². The zero-order valence-corrected chi connectivity index (χ0v) is 14.6. The molecule has 2 aromatic rings. The normalized spacial score (nSPS) is 14.3. The first-order valence-corrected chi connectivity index (χ1v) is 8.95. The number of aromatic nitrogens is 3. The summed E-state index contributed by atoms with van der Waals surface area (Å²) >= 11 is 1.43. The van der Waals surface area contributed by atoms with Crippen molar-refractivity contribution in [3.05, 3.63) is 35.7 Å². The van der Waals surface area contributed by atoms with Crippen LogP contribution in [0.15, 0.2) is 29.4 Å². The van der Waals surface area contributed by atoms with E-state index in [2.05, 4.69) is 41.5 Å². The summed E-state index contributed by atoms with van der Waals surface area (Å²) in [5.41, 5.74) is 2.10. The standard InChI is InChI=1S/C17H22N4OS/c1-11(2)12-6-8-14(9-7-12)18-15(22)10-23-17-20-19-16(21(17)3)13-4-5-13/h6-9,11,13H,4-5,10H2,1-3H3,(H,18,22). The topological polar surface area (TPSA) is 59.8 Å². The van der Waals surface area contributed by atoms with Crippen molar-refractivity contribution in [2.75, 3.05) is 11.1 Å². The lowest BCUT2D eigenvalue weighted by Gasteiger charge is -2.08. The molecule has 5 nitrogen and oxygen atoms in total. The summed E-state index contributed by atoms with van der Waals surface area (Å²) in [5, 5.41) is 12.1. The third-order valence-electron chi connectivity index (χ3n) is 4.00. The van der Waals surface area contributed by atoms with Crippen LogP contribution in [0.4, 0.5) is 5.69 Å². The number of thioether (sulfide) groups is 1. The molecule has 1 aliphatic carbocycles. The van der Waals surface area contributed by atoms with E-state index in [0.29, 0.717) is 17.6 Å². The fourth-order valence-electron chi connectivity index (χ4n) is 2.43. The second-order valence-corrected chi connectivity index (χ2v) is 7.23. The van der Waals surface area contributed by atoms with Gasteiger partial charge in [-0.15, -0.1) is 10.2 Å². The molecule has 0 atom stereocenters. The molecule has 0 spiro atoms. The Balaban J connectivity index is 1.53. The fourth-order valence-corrected chi connectivity index (χ4v) is 3.15. The van der Waals surface area contributed by atoms with E-state index in [0.717, 1.165) is 16.7 Å². The van der Waals surface area contributed by atoms with Crippen molar-refractivity contribution in [2.24, 2.45) is 7.05 Å². The van der Waals surface area contributed by atoms with Crippen LogP contribution in [0.2, 0.25) is 0 Å². The predicted octanol–water partition coefficient (Wildman–Crippen LogP) is 3.55. The minimum Gasteiger partial charge on any atom is -0.325 e. The third-order valence-corrected chi connectivity index (χ3v) is 5.02. The van der Waals surface area contributed by atoms with Gasteiger partial charge in [0.1, 0.15) is 5.82 Å². The van der Waals surface area contributed by atoms with Gasteiger partial charge in [0.05, 0.1) is 5.75 Å². The summed E-state index contributed by atoms with van der Waals surface area (Å²) in [7, 11) is 1.97. The number of carbonyl (C=O) groups excluding carboxylic acids is 1. The zero-order valence-electron chi connectivity index (χ0n) is 13.7. The van der Waals surface area contributed by atoms with Crippen molar-refractivity contribution in [1.82, 2.24) is 14.8 Å². The maximum absolute atomic E-state index is 12.1. The van der Waals surface area contributed by atoms with Gasteiger partial charge in [-0.05, 0) is 36.5 Å². The fraction of sp³-hybridized carbons (Fsp3) is 0.471. The first-order valence-electron chi connectivity index (χ1n) is 7.96. The van der Waals surface area contributed by atoms with Crippen molar-refractivity contribution in [3.63, 3.8) is 0 Å². The van der Waals surface area contributed by atoms with Crippen molar-refractivity contribution < 1.29 is 4.79 Å². The van der Waals surface area contributed by atoms with Gasteiger partial charge in [0.25, 0.3) is 0 Å². The Morgan fingerprint density at radius 3 is 2.61 bits per heavy atom. The Kier molecular flexibility index (Phi) is 4.71. The van der Waals surface area contributed by atoms with Crippen LogP contribution in [0.3, 0.4) is 0 Å². The Morgan fingerprint density at radius 2 is 2.00 bits per heavy atom. The van der Waals surface area contributed by atoms with Gasteiger partial charge in [-0.25, -0.2) is 0 Å². The summed E-state index contributed by atoms with van der Waals surface area (Å²) in [6.07, 6.45) is 2.40. The highest BCUT2D eigenvalue weighted by atomic mass is 32.2. The summed E-state index contributed by atoms with van der Waals surface area (Å²) < 4.78 is 2.01. The number of benzene rings is 1. The van der Waals surface area contributed by atoms with Crippen molar-refractivity contribution >= 4 is 23.4 Å². The Hall–Kier alpha value is -1.82. The minimum absolute atomic E-state index is 0.0248. The van der Waals surface area contributed by atoms with Gasteiger partial charge in [0, 0.05) is 18.7 Å². The highest BCUT2D eigenvalue weighted by Gasteiger charge is 2.29. The van der Waals surface area contributed by atoms with E-state index in [1.807, 2.05) is 23.7 Å². The van der Waals surface area contributed by atoms with E-state index in [1.54, 1.807) is 0 Å². The molecule has 6 heteroatoms. The van der Waals surface area contributed by atoms with Crippen molar-refractivity contribution in [1.29, 1.82) is 0 Å². The molecule has 1 aliphatic rings. The quantitative estimate of drug-likeness (QED) is 0.823. The number of rotatable bonds is 6. The second kappa shape index (κ2) is 6.74. The van der Waals surface area contributed by atoms with Crippen LogP contribution in [0.1, 0.15) is 49.9 Å². The first kappa shape index (κ1) is 16.1. The van der Waals surface area contributed by atoms with Crippen LogP contribution < -0.4 is 5.32 Å². The molecule has 1 amide bonds. The SMILES string of the molecule is CC(C)c1ccc(NC(=O)CSc2nnc(C3CC3)n2C)cc1. The second-order valence-electron chi connectivity index (χ2n) is 6.29. The molecule has 0 saturated heterocycles. The largest absolute Gasteiger partial charge is 0.325 e. The maximum Gasteiger partial charge on any atom is 0.234 e. The lowest BCUT2D eigenvalue weighted by atomic mass is 10.0. The number of carbonyl (C=O) groups is 1. The molecular formula is C17H22N4OS. The van der Waals surface area contributed by atoms with E-state index >= 15 is 0 Å². The van der Waals surface area contributed by atoms with Gasteiger partial charge >= 0.3 is 0 Å². The van der Waals surface area contributed by atoms with E-state index < -0.39 is 0 Å². The molecule has 23 heavy (non-hydrogen) atoms. The molecule has 1 N–H and O–H groups in total. The highest BCUT2D eigenvalue weighted by molar-refractivity contribution is 7.99. The Bertz CT molecular complexity index is 689. The average molecular weight is 330 g/mol. The summed E-state index contributed by atoms with van der Waals surface area (Å²) in [4.78, 5) is 12.1. The smallest absolute Gasteiger partial charge is 0.234 e. The number of nitrogens with one attached hydrogen (secondary N) is 1. The van der Waals surface area contributed by atoms with Crippen LogP contribution in [-0.2, 0) is 11.8 Å². The Morgan fingerprint density at radius 1 is 1.30 bits per heavy atom. The first-order chi connectivity index (χ1) is 11.0. The molecule has 0 bridgehead atoms. The number of hydrogen-bond acceptors (Lipinski definition) is 4. The lowest BCUT2D eigenvalue weighted by Crippen LogP contribution is -2.14. The zero-order chi connectivity index (χ0) is 16.4. The molecule has 1 heterocycles. The average Bonchev–Trinajstić information content (AvgIpc) is 3.30. The maximum atomic E-state index is 12.1. The highest BCUT2D eigenvalue weighted by Crippen LogP contribution is 2.39. The molecule has 1 fully saturated rings. The van der Waals surface area contributed by atoms with Gasteiger partial charge in [-0.3, -0.25) is 4.79 Å². The lowest BCUT2D eigenvalue weighted by molar-refractivity contribution is -0.113. The summed E-state index contributed by atoms with van der Waals surface area (Å²) in [6.45, 7) is 4.31. The number of anilines is 1. The van der Waals surface area contributed by atoms with Crippen molar-refractivity contribution in [3.8, 4) is 0 Å². The molecule has 3 rings (SSSR count). The van der Waals surface area contributed by atoms with Crippen molar-refractivity contribution in [2.45, 2.75) is 43.7 Å². The van der Waals surface area contributed by atoms with Crippen LogP contribution in [0, 0.1) is 0 Å². The van der Waals surface area contributed by atoms with Gasteiger partial charge < -0.3 is 9.88 Å². The molecule has 1 saturated carbocycles. The molecule has 0 unspecified atom stereocenters. The molecule has 122 valence electrons. The predicted molar refractivity (Wildman–Crippen MR) is 92.9 cm³/mol. The number of hydrogen-bond donors (Lipinski definition) is 1. The summed E-state index contributed by atoms with van der Waals surface area (Å²) in [6, 6.07) is 8.01. The molecular weight excluding hydrogens is 308 g/mol. The van der Waals surface area contributed by atoms with E-state index in [4.69, 9.17) is 0 Å². The monoisotopic (exact) mass is 330 g/mol. The minimum atomic E-state index is -0.0248. The Labute approximate surface area is 140 Å². The number of amides is 1. The van der Waals surface area contributed by atoms with Gasteiger partial charge in [-0.2, -0.15) is 0 Å². The summed E-state index contributed by atoms with van der Waals surface area (Å²) in [5.74, 6) is 2.41. The van der Waals surface area contributed by atoms with Crippen LogP contribution in [0.5, 0.6) is 0 Å². The van der Waals surface area contributed by atoms with Gasteiger partial charge in [-0.1, -0.05) is 37.7 Å². The van der Waals surface area contributed by atoms with E-state index in [-0.39, 0.29) is 5.91 Å². The molecule has 1 aromatic carbocycles. The third kappa shape index (κ3) is 3.93. The van der Waals surface area contributed by atoms with E-state index in [9.17, 15) is 4.79 Å².